The summed E-state index contributed by atoms with van der Waals surface area (Å²) in [6.07, 6.45) is 18.8. The number of carbonyl (C=O) groups excluding carboxylic acids is 3. The minimum absolute atomic E-state index is 0.111. The number of Topliss-reactive ketones (excluding diaryl/α,β-unsaturated/α-hetero) is 1. The van der Waals surface area contributed by atoms with Crippen LogP contribution in [0, 0.1) is 50.4 Å². The second kappa shape index (κ2) is 19.1. The van der Waals surface area contributed by atoms with Crippen LogP contribution in [0.4, 0.5) is 0 Å². The van der Waals surface area contributed by atoms with Crippen LogP contribution < -0.4 is 21.7 Å². The van der Waals surface area contributed by atoms with Gasteiger partial charge in [0.1, 0.15) is 19.3 Å². The number of ketones is 1. The number of aromatic nitrogens is 3. The van der Waals surface area contributed by atoms with Crippen molar-refractivity contribution in [2.45, 2.75) is 120 Å². The molecule has 60 heavy (non-hydrogen) atoms. The fourth-order valence-corrected chi connectivity index (χ4v) is 9.52. The van der Waals surface area contributed by atoms with E-state index in [1.165, 1.54) is 36.8 Å². The maximum atomic E-state index is 14.4. The SMILES string of the molecule is C=Cc1c2[nH]c(c1C)/C=C1\N/C(=C3\c4[nH]c(c(C)c4C(=O)[C@@H]3C(=O)OCN)/C=c3\[nH]/c(c(C)c3CC)=C\2)[C@@H](CCC(=O)OC/C=C(\C)CCC[C@H](C)CCCC(C)C)[C@@H]1C. The largest absolute Gasteiger partial charge is 0.461 e. The molecule has 1 fully saturated rings. The van der Waals surface area contributed by atoms with Crippen LogP contribution in [0.25, 0.3) is 29.9 Å². The molecule has 0 radical (unpaired) electrons. The molecule has 6 N–H and O–H groups in total. The lowest BCUT2D eigenvalue weighted by Crippen LogP contribution is -2.27. The molecule has 10 heteroatoms. The van der Waals surface area contributed by atoms with Gasteiger partial charge in [0.25, 0.3) is 0 Å². The number of nitrogens with one attached hydrogen (secondary N) is 4. The maximum Gasteiger partial charge on any atom is 0.322 e. The van der Waals surface area contributed by atoms with Gasteiger partial charge in [0.15, 0.2) is 5.78 Å². The normalized spacial score (nSPS) is 22.1. The average Bonchev–Trinajstić information content (AvgIpc) is 3.94. The molecule has 0 unspecified atom stereocenters. The van der Waals surface area contributed by atoms with Crippen molar-refractivity contribution in [3.05, 3.63) is 96.5 Å². The second-order valence-corrected chi connectivity index (χ2v) is 17.8. The molecule has 0 saturated carbocycles. The molecule has 10 nitrogen and oxygen atoms in total. The first-order valence-corrected chi connectivity index (χ1v) is 22.1. The number of hydrogen-bond acceptors (Lipinski definition) is 7. The highest BCUT2D eigenvalue weighted by atomic mass is 16.5. The van der Waals surface area contributed by atoms with Crippen LogP contribution in [0.15, 0.2) is 29.6 Å². The standard InChI is InChI=1S/C50H67N5O5/c1-11-34-30(7)37-23-39-32(9)36(19-20-43(56)59-22-21-29(6)18-14-17-28(5)16-13-15-27(3)4)47(54-39)45-46(50(58)60-26-51)49(57)44-33(10)40(55-48(44)45)25-42-35(12-2)31(8)38(53-42)24-41(34)52-37/h11,21,23-25,27-28,32,36,46,52-55H,1,12-20,22,26,51H2,2-10H3/b29-21+,38-24-,39-23-,42-25-,47-45-/t28-,32+,36+,46-/m1/s1. The van der Waals surface area contributed by atoms with Crippen LogP contribution in [0.1, 0.15) is 154 Å². The van der Waals surface area contributed by atoms with Crippen molar-refractivity contribution in [1.29, 1.82) is 0 Å². The van der Waals surface area contributed by atoms with E-state index in [0.29, 0.717) is 28.9 Å². The van der Waals surface area contributed by atoms with Gasteiger partial charge in [-0.25, -0.2) is 0 Å². The van der Waals surface area contributed by atoms with E-state index in [0.717, 1.165) is 86.8 Å². The number of H-pyrrole nitrogens is 3. The Kier molecular flexibility index (Phi) is 14.1. The maximum absolute atomic E-state index is 14.4. The summed E-state index contributed by atoms with van der Waals surface area (Å²) >= 11 is 0. The van der Waals surface area contributed by atoms with Gasteiger partial charge in [-0.15, -0.1) is 0 Å². The minimum Gasteiger partial charge on any atom is -0.461 e. The van der Waals surface area contributed by atoms with E-state index in [-0.39, 0.29) is 43.3 Å². The molecule has 0 amide bonds. The molecule has 1 saturated heterocycles. The molecule has 0 aromatic carbocycles. The zero-order chi connectivity index (χ0) is 43.4. The highest BCUT2D eigenvalue weighted by Crippen LogP contribution is 2.48. The van der Waals surface area contributed by atoms with Gasteiger partial charge in [-0.2, -0.15) is 0 Å². The lowest BCUT2D eigenvalue weighted by molar-refractivity contribution is -0.145. The molecule has 5 heterocycles. The van der Waals surface area contributed by atoms with E-state index in [2.05, 4.69) is 100 Å². The van der Waals surface area contributed by atoms with Crippen LogP contribution in [-0.2, 0) is 25.5 Å². The van der Waals surface area contributed by atoms with Crippen molar-refractivity contribution in [3.8, 4) is 0 Å². The Morgan fingerprint density at radius 2 is 1.62 bits per heavy atom. The first kappa shape index (κ1) is 44.5. The Bertz CT molecular complexity index is 2360. The number of fused-ring (bicyclic) bond motifs is 7. The van der Waals surface area contributed by atoms with Gasteiger partial charge in [0.05, 0.1) is 5.69 Å². The zero-order valence-corrected chi connectivity index (χ0v) is 37.4. The van der Waals surface area contributed by atoms with Crippen molar-refractivity contribution in [3.63, 3.8) is 0 Å². The van der Waals surface area contributed by atoms with Crippen molar-refractivity contribution >= 4 is 47.6 Å². The molecule has 2 aliphatic heterocycles. The van der Waals surface area contributed by atoms with Crippen LogP contribution in [0.5, 0.6) is 0 Å². The number of hydrogen-bond donors (Lipinski definition) is 5. The van der Waals surface area contributed by atoms with Gasteiger partial charge < -0.3 is 29.7 Å². The Hall–Kier alpha value is -5.09. The third-order valence-electron chi connectivity index (χ3n) is 13.2. The summed E-state index contributed by atoms with van der Waals surface area (Å²) in [5.41, 5.74) is 17.9. The predicted octanol–water partition coefficient (Wildman–Crippen LogP) is 8.55. The van der Waals surface area contributed by atoms with Crippen molar-refractivity contribution in [2.24, 2.45) is 35.3 Å². The summed E-state index contributed by atoms with van der Waals surface area (Å²) in [5.74, 6) is -1.42. The molecule has 322 valence electrons. The predicted molar refractivity (Wildman–Crippen MR) is 242 cm³/mol. The van der Waals surface area contributed by atoms with Gasteiger partial charge >= 0.3 is 11.9 Å². The molecule has 3 aromatic heterocycles. The molecule has 3 aliphatic rings. The fraction of sp³-hybridized carbons (Fsp3) is 0.500. The first-order chi connectivity index (χ1) is 28.7. The highest BCUT2D eigenvalue weighted by Gasteiger charge is 2.48. The summed E-state index contributed by atoms with van der Waals surface area (Å²) in [5, 5.41) is 5.61. The summed E-state index contributed by atoms with van der Waals surface area (Å²) in [6, 6.07) is 0. The molecule has 0 spiro atoms. The average molecular weight is 818 g/mol. The van der Waals surface area contributed by atoms with Gasteiger partial charge in [-0.05, 0) is 112 Å². The first-order valence-electron chi connectivity index (χ1n) is 22.1. The molecule has 6 rings (SSSR count). The third kappa shape index (κ3) is 9.14. The highest BCUT2D eigenvalue weighted by molar-refractivity contribution is 6.24. The van der Waals surface area contributed by atoms with E-state index in [1.807, 2.05) is 19.1 Å². The van der Waals surface area contributed by atoms with Crippen molar-refractivity contribution < 1.29 is 23.9 Å². The van der Waals surface area contributed by atoms with E-state index in [1.54, 1.807) is 0 Å². The van der Waals surface area contributed by atoms with Crippen LogP contribution in [0.3, 0.4) is 0 Å². The second-order valence-electron chi connectivity index (χ2n) is 17.8. The van der Waals surface area contributed by atoms with Gasteiger partial charge in [0, 0.05) is 74.1 Å². The van der Waals surface area contributed by atoms with E-state index < -0.39 is 11.9 Å². The Labute approximate surface area is 355 Å². The van der Waals surface area contributed by atoms with E-state index >= 15 is 0 Å². The van der Waals surface area contributed by atoms with E-state index in [4.69, 9.17) is 15.2 Å². The number of allylic oxidation sites excluding steroid dienone is 3. The van der Waals surface area contributed by atoms with E-state index in [9.17, 15) is 14.4 Å². The lowest BCUT2D eigenvalue weighted by Gasteiger charge is -2.20. The molecular formula is C50H67N5O5. The molecule has 4 atom stereocenters. The summed E-state index contributed by atoms with van der Waals surface area (Å²) in [7, 11) is 0. The fourth-order valence-electron chi connectivity index (χ4n) is 9.52. The number of rotatable bonds is 17. The molecule has 3 aromatic rings. The summed E-state index contributed by atoms with van der Waals surface area (Å²) < 4.78 is 11.1. The van der Waals surface area contributed by atoms with Gasteiger partial charge in [0.2, 0.25) is 0 Å². The third-order valence-corrected chi connectivity index (χ3v) is 13.2. The quantitative estimate of drug-likeness (QED) is 0.0396. The van der Waals surface area contributed by atoms with Crippen LogP contribution >= 0.6 is 0 Å². The zero-order valence-electron chi connectivity index (χ0n) is 37.4. The number of ether oxygens (including phenoxy) is 2. The number of aromatic amines is 3. The van der Waals surface area contributed by atoms with Gasteiger partial charge in [-0.1, -0.05) is 78.5 Å². The van der Waals surface area contributed by atoms with Gasteiger partial charge in [-0.3, -0.25) is 20.1 Å². The van der Waals surface area contributed by atoms with Crippen molar-refractivity contribution in [2.75, 3.05) is 13.3 Å². The Morgan fingerprint density at radius 1 is 0.900 bits per heavy atom. The number of carbonyl (C=O) groups is 3. The summed E-state index contributed by atoms with van der Waals surface area (Å²) in [4.78, 5) is 52.4. The smallest absolute Gasteiger partial charge is 0.322 e. The summed E-state index contributed by atoms with van der Waals surface area (Å²) in [6.45, 7) is 23.4. The topological polar surface area (TPSA) is 155 Å². The molecule has 1 aliphatic carbocycles. The lowest BCUT2D eigenvalue weighted by atomic mass is 9.85. The molecule has 8 bridgehead atoms. The number of esters is 2. The Balaban J connectivity index is 1.34. The molecular weight excluding hydrogens is 751 g/mol. The van der Waals surface area contributed by atoms with Crippen LogP contribution in [-0.4, -0.2) is 46.0 Å². The number of nitrogens with two attached hydrogens (primary N) is 1. The monoisotopic (exact) mass is 818 g/mol. The minimum atomic E-state index is -1.22. The van der Waals surface area contributed by atoms with Crippen molar-refractivity contribution in [1.82, 2.24) is 20.3 Å². The van der Waals surface area contributed by atoms with Crippen LogP contribution in [0.2, 0.25) is 0 Å². The Morgan fingerprint density at radius 3 is 2.32 bits per heavy atom.